The molecule has 0 aliphatic rings. The van der Waals surface area contributed by atoms with Gasteiger partial charge >= 0.3 is 0 Å². The van der Waals surface area contributed by atoms with Gasteiger partial charge in [-0.2, -0.15) is 0 Å². The average molecular weight is 288 g/mol. The maximum atomic E-state index is 2.33. The summed E-state index contributed by atoms with van der Waals surface area (Å²) in [4.78, 5) is 0. The zero-order valence-electron chi connectivity index (χ0n) is 13.5. The van der Waals surface area contributed by atoms with Crippen LogP contribution in [0.2, 0.25) is 0 Å². The highest BCUT2D eigenvalue weighted by atomic mass is 15.0. The van der Waals surface area contributed by atoms with Crippen molar-refractivity contribution < 1.29 is 0 Å². The number of aromatic nitrogens is 2. The first kappa shape index (κ1) is 13.2. The lowest BCUT2D eigenvalue weighted by Crippen LogP contribution is -1.91. The van der Waals surface area contributed by atoms with Crippen LogP contribution in [0.3, 0.4) is 0 Å². The molecule has 4 aromatic rings. The van der Waals surface area contributed by atoms with Crippen molar-refractivity contribution in [1.29, 1.82) is 0 Å². The van der Waals surface area contributed by atoms with Gasteiger partial charge in [-0.3, -0.25) is 0 Å². The predicted octanol–water partition coefficient (Wildman–Crippen LogP) is 4.95. The summed E-state index contributed by atoms with van der Waals surface area (Å²) in [6.45, 7) is 4.38. The van der Waals surface area contributed by atoms with Gasteiger partial charge in [-0.25, -0.2) is 0 Å². The van der Waals surface area contributed by atoms with E-state index in [4.69, 9.17) is 0 Å². The van der Waals surface area contributed by atoms with E-state index in [0.29, 0.717) is 0 Å². The minimum atomic E-state index is 1.28. The Kier molecular flexibility index (Phi) is 2.70. The Morgan fingerprint density at radius 1 is 0.818 bits per heavy atom. The second-order valence-corrected chi connectivity index (χ2v) is 6.22. The first-order valence-corrected chi connectivity index (χ1v) is 7.68. The summed E-state index contributed by atoms with van der Waals surface area (Å²) in [7, 11) is 4.29. The molecule has 0 bridgehead atoms. The Labute approximate surface area is 130 Å². The lowest BCUT2D eigenvalue weighted by molar-refractivity contribution is 0.957. The molecule has 0 fully saturated rings. The molecule has 0 saturated heterocycles. The molecule has 0 aliphatic carbocycles. The van der Waals surface area contributed by atoms with Gasteiger partial charge in [0.1, 0.15) is 0 Å². The highest BCUT2D eigenvalue weighted by molar-refractivity contribution is 6.01. The minimum absolute atomic E-state index is 1.28. The number of nitrogens with zero attached hydrogens (tertiary/aromatic N) is 2. The van der Waals surface area contributed by atoms with Gasteiger partial charge < -0.3 is 9.13 Å². The largest absolute Gasteiger partial charge is 0.350 e. The van der Waals surface area contributed by atoms with Gasteiger partial charge in [0, 0.05) is 47.7 Å². The summed E-state index contributed by atoms with van der Waals surface area (Å²) in [5.41, 5.74) is 7.84. The Morgan fingerprint density at radius 3 is 2.23 bits per heavy atom. The number of benzene rings is 2. The molecule has 4 rings (SSSR count). The fraction of sp³-hybridized carbons (Fsp3) is 0.200. The summed E-state index contributed by atoms with van der Waals surface area (Å²) in [5.74, 6) is 0. The second kappa shape index (κ2) is 4.51. The molecule has 0 unspecified atom stereocenters. The third kappa shape index (κ3) is 1.67. The van der Waals surface area contributed by atoms with Crippen molar-refractivity contribution in [3.63, 3.8) is 0 Å². The van der Waals surface area contributed by atoms with Gasteiger partial charge in [-0.05, 0) is 43.2 Å². The van der Waals surface area contributed by atoms with Gasteiger partial charge in [-0.15, -0.1) is 0 Å². The standard InChI is InChI=1S/C20H20N2/c1-13-7-5-9-17-15(13)11-19(22(17)4)16-12-21(3)18-10-6-8-14(2)20(16)18/h5-12H,1-4H3. The predicted molar refractivity (Wildman–Crippen MR) is 94.3 cm³/mol. The van der Waals surface area contributed by atoms with E-state index in [-0.39, 0.29) is 0 Å². The molecule has 0 aliphatic heterocycles. The van der Waals surface area contributed by atoms with Gasteiger partial charge in [0.25, 0.3) is 0 Å². The molecule has 2 aromatic carbocycles. The molecular weight excluding hydrogens is 268 g/mol. The van der Waals surface area contributed by atoms with E-state index in [1.54, 1.807) is 0 Å². The van der Waals surface area contributed by atoms with Crippen LogP contribution in [-0.2, 0) is 14.1 Å². The quantitative estimate of drug-likeness (QED) is 0.469. The topological polar surface area (TPSA) is 9.86 Å². The molecule has 0 radical (unpaired) electrons. The molecule has 110 valence electrons. The summed E-state index contributed by atoms with van der Waals surface area (Å²) < 4.78 is 4.53. The van der Waals surface area contributed by atoms with Crippen LogP contribution in [0, 0.1) is 13.8 Å². The maximum Gasteiger partial charge on any atom is 0.0510 e. The van der Waals surface area contributed by atoms with Crippen LogP contribution in [0.5, 0.6) is 0 Å². The third-order valence-electron chi connectivity index (χ3n) is 4.80. The lowest BCUT2D eigenvalue weighted by Gasteiger charge is -2.05. The van der Waals surface area contributed by atoms with Crippen LogP contribution in [0.4, 0.5) is 0 Å². The van der Waals surface area contributed by atoms with Crippen LogP contribution in [0.1, 0.15) is 11.1 Å². The first-order chi connectivity index (χ1) is 10.6. The van der Waals surface area contributed by atoms with E-state index in [1.165, 1.54) is 44.2 Å². The van der Waals surface area contributed by atoms with Crippen molar-refractivity contribution in [2.24, 2.45) is 14.1 Å². The summed E-state index contributed by atoms with van der Waals surface area (Å²) in [6.07, 6.45) is 2.25. The van der Waals surface area contributed by atoms with Gasteiger partial charge in [0.15, 0.2) is 0 Å². The van der Waals surface area contributed by atoms with Crippen LogP contribution in [-0.4, -0.2) is 9.13 Å². The Morgan fingerprint density at radius 2 is 1.50 bits per heavy atom. The van der Waals surface area contributed by atoms with E-state index in [1.807, 2.05) is 0 Å². The highest BCUT2D eigenvalue weighted by Crippen LogP contribution is 2.35. The molecule has 2 aromatic heterocycles. The van der Waals surface area contributed by atoms with Crippen molar-refractivity contribution >= 4 is 21.8 Å². The zero-order chi connectivity index (χ0) is 15.4. The SMILES string of the molecule is Cc1cccc2c1cc(-c1cn(C)c3cccc(C)c13)n2C. The zero-order valence-corrected chi connectivity index (χ0v) is 13.5. The number of aryl methyl sites for hydroxylation is 4. The molecule has 2 heterocycles. The van der Waals surface area contributed by atoms with Gasteiger partial charge in [0.2, 0.25) is 0 Å². The smallest absolute Gasteiger partial charge is 0.0510 e. The van der Waals surface area contributed by atoms with E-state index >= 15 is 0 Å². The highest BCUT2D eigenvalue weighted by Gasteiger charge is 2.15. The average Bonchev–Trinajstić information content (AvgIpc) is 3.00. The van der Waals surface area contributed by atoms with Crippen molar-refractivity contribution in [3.8, 4) is 11.3 Å². The Balaban J connectivity index is 2.12. The molecule has 2 heteroatoms. The van der Waals surface area contributed by atoms with Crippen molar-refractivity contribution in [1.82, 2.24) is 9.13 Å². The van der Waals surface area contributed by atoms with E-state index in [9.17, 15) is 0 Å². The van der Waals surface area contributed by atoms with Crippen LogP contribution < -0.4 is 0 Å². The monoisotopic (exact) mass is 288 g/mol. The number of hydrogen-bond acceptors (Lipinski definition) is 0. The van der Waals surface area contributed by atoms with Crippen LogP contribution >= 0.6 is 0 Å². The number of rotatable bonds is 1. The van der Waals surface area contributed by atoms with E-state index < -0.39 is 0 Å². The van der Waals surface area contributed by atoms with Crippen LogP contribution in [0.25, 0.3) is 33.1 Å². The molecule has 22 heavy (non-hydrogen) atoms. The second-order valence-electron chi connectivity index (χ2n) is 6.22. The fourth-order valence-corrected chi connectivity index (χ4v) is 3.59. The molecule has 0 saturated carbocycles. The molecular formula is C20H20N2. The molecule has 0 spiro atoms. The summed E-state index contributed by atoms with van der Waals surface area (Å²) in [5, 5.41) is 2.69. The number of fused-ring (bicyclic) bond motifs is 2. The summed E-state index contributed by atoms with van der Waals surface area (Å²) in [6, 6.07) is 15.4. The third-order valence-corrected chi connectivity index (χ3v) is 4.80. The maximum absolute atomic E-state index is 2.33. The Bertz CT molecular complexity index is 1020. The molecule has 0 atom stereocenters. The normalized spacial score (nSPS) is 11.6. The molecule has 2 nitrogen and oxygen atoms in total. The van der Waals surface area contributed by atoms with Crippen molar-refractivity contribution in [2.75, 3.05) is 0 Å². The van der Waals surface area contributed by atoms with Gasteiger partial charge in [-0.1, -0.05) is 24.3 Å². The first-order valence-electron chi connectivity index (χ1n) is 7.68. The van der Waals surface area contributed by atoms with Crippen LogP contribution in [0.15, 0.2) is 48.7 Å². The number of hydrogen-bond donors (Lipinski definition) is 0. The van der Waals surface area contributed by atoms with E-state index in [0.717, 1.165) is 0 Å². The lowest BCUT2D eigenvalue weighted by atomic mass is 10.0. The summed E-state index contributed by atoms with van der Waals surface area (Å²) >= 11 is 0. The molecule has 0 amide bonds. The van der Waals surface area contributed by atoms with E-state index in [2.05, 4.69) is 85.7 Å². The fourth-order valence-electron chi connectivity index (χ4n) is 3.59. The van der Waals surface area contributed by atoms with Crippen molar-refractivity contribution in [3.05, 3.63) is 59.8 Å². The Hall–Kier alpha value is -2.48. The van der Waals surface area contributed by atoms with Crippen molar-refractivity contribution in [2.45, 2.75) is 13.8 Å². The molecule has 0 N–H and O–H groups in total. The van der Waals surface area contributed by atoms with Gasteiger partial charge in [0.05, 0.1) is 5.69 Å². The minimum Gasteiger partial charge on any atom is -0.350 e.